The Bertz CT molecular complexity index is 397. The Morgan fingerprint density at radius 3 is 2.11 bits per heavy atom. The molecular formula is C15H24MgO2. The molecule has 0 bridgehead atoms. The second-order valence-corrected chi connectivity index (χ2v) is 5.49. The van der Waals surface area contributed by atoms with Crippen LogP contribution in [-0.2, 0) is 12.8 Å². The van der Waals surface area contributed by atoms with Gasteiger partial charge in [-0.1, -0.05) is 39.8 Å². The lowest BCUT2D eigenvalue weighted by Gasteiger charge is -2.12. The number of carboxylic acids is 1. The van der Waals surface area contributed by atoms with Crippen molar-refractivity contribution in [1.29, 1.82) is 0 Å². The Morgan fingerprint density at radius 1 is 1.11 bits per heavy atom. The minimum Gasteiger partial charge on any atom is -0.478 e. The maximum atomic E-state index is 11.1. The number of benzene rings is 1. The van der Waals surface area contributed by atoms with Crippen molar-refractivity contribution in [2.24, 2.45) is 11.8 Å². The van der Waals surface area contributed by atoms with Crippen LogP contribution in [0.4, 0.5) is 0 Å². The first-order chi connectivity index (χ1) is 7.90. The molecule has 0 saturated carbocycles. The Kier molecular flexibility index (Phi) is 7.56. The Morgan fingerprint density at radius 2 is 1.67 bits per heavy atom. The molecule has 0 radical (unpaired) electrons. The lowest BCUT2D eigenvalue weighted by molar-refractivity contribution is 0.0695. The standard InChI is InChI=1S/C15H22O2.Mg.2H/c1-10(2)7-12-5-6-14(15(16)17)13(9-12)8-11(3)4;;;/h5-6,9-11H,7-8H2,1-4H3,(H,16,17);;;. The molecule has 0 unspecified atom stereocenters. The average molecular weight is 261 g/mol. The van der Waals surface area contributed by atoms with E-state index < -0.39 is 5.97 Å². The van der Waals surface area contributed by atoms with Crippen molar-refractivity contribution < 1.29 is 9.90 Å². The predicted molar refractivity (Wildman–Crippen MR) is 79.0 cm³/mol. The largest absolute Gasteiger partial charge is 0.478 e. The van der Waals surface area contributed by atoms with E-state index in [0.717, 1.165) is 18.4 Å². The fourth-order valence-corrected chi connectivity index (χ4v) is 2.06. The molecule has 1 aromatic rings. The summed E-state index contributed by atoms with van der Waals surface area (Å²) in [4.78, 5) is 11.1. The number of hydrogen-bond donors (Lipinski definition) is 1. The maximum absolute atomic E-state index is 11.1. The molecule has 1 N–H and O–H groups in total. The van der Waals surface area contributed by atoms with E-state index in [1.54, 1.807) is 6.07 Å². The molecule has 1 aromatic carbocycles. The van der Waals surface area contributed by atoms with Gasteiger partial charge < -0.3 is 5.11 Å². The number of rotatable bonds is 5. The highest BCUT2D eigenvalue weighted by molar-refractivity contribution is 5.89. The average Bonchev–Trinajstić information content (AvgIpc) is 2.15. The molecular weight excluding hydrogens is 236 g/mol. The number of hydrogen-bond acceptors (Lipinski definition) is 1. The SMILES string of the molecule is CC(C)Cc1ccc(C(=O)O)c(CC(C)C)c1.[MgH2]. The summed E-state index contributed by atoms with van der Waals surface area (Å²) < 4.78 is 0. The van der Waals surface area contributed by atoms with Crippen molar-refractivity contribution >= 4 is 29.0 Å². The van der Waals surface area contributed by atoms with Crippen LogP contribution >= 0.6 is 0 Å². The molecule has 0 amide bonds. The van der Waals surface area contributed by atoms with Gasteiger partial charge in [-0.25, -0.2) is 4.79 Å². The summed E-state index contributed by atoms with van der Waals surface area (Å²) >= 11 is 0. The van der Waals surface area contributed by atoms with Crippen molar-refractivity contribution in [2.45, 2.75) is 40.5 Å². The lowest BCUT2D eigenvalue weighted by Crippen LogP contribution is -2.07. The van der Waals surface area contributed by atoms with Crippen LogP contribution < -0.4 is 0 Å². The van der Waals surface area contributed by atoms with Crippen molar-refractivity contribution in [3.63, 3.8) is 0 Å². The molecule has 18 heavy (non-hydrogen) atoms. The molecule has 2 nitrogen and oxygen atoms in total. The highest BCUT2D eigenvalue weighted by Crippen LogP contribution is 2.18. The van der Waals surface area contributed by atoms with Crippen LogP contribution in [0.1, 0.15) is 49.2 Å². The molecule has 0 aliphatic rings. The first kappa shape index (κ1) is 17.5. The molecule has 0 aromatic heterocycles. The van der Waals surface area contributed by atoms with Gasteiger partial charge in [-0.3, -0.25) is 0 Å². The van der Waals surface area contributed by atoms with Crippen molar-refractivity contribution in [3.8, 4) is 0 Å². The van der Waals surface area contributed by atoms with Gasteiger partial charge in [0.15, 0.2) is 0 Å². The second-order valence-electron chi connectivity index (χ2n) is 5.49. The van der Waals surface area contributed by atoms with Crippen molar-refractivity contribution in [1.82, 2.24) is 0 Å². The van der Waals surface area contributed by atoms with E-state index in [-0.39, 0.29) is 23.1 Å². The van der Waals surface area contributed by atoms with E-state index in [1.807, 2.05) is 6.07 Å². The van der Waals surface area contributed by atoms with Crippen molar-refractivity contribution in [3.05, 3.63) is 34.9 Å². The Hall–Kier alpha value is -0.544. The van der Waals surface area contributed by atoms with Gasteiger partial charge in [0.25, 0.3) is 0 Å². The van der Waals surface area contributed by atoms with Crippen LogP contribution in [-0.4, -0.2) is 34.1 Å². The zero-order valence-corrected chi connectivity index (χ0v) is 11.2. The summed E-state index contributed by atoms with van der Waals surface area (Å²) in [5.74, 6) is 0.247. The highest BCUT2D eigenvalue weighted by atomic mass is 24.3. The second kappa shape index (κ2) is 7.80. The van der Waals surface area contributed by atoms with Crippen LogP contribution in [0, 0.1) is 11.8 Å². The minimum atomic E-state index is -0.822. The minimum absolute atomic E-state index is 0. The Balaban J connectivity index is 0.00000289. The van der Waals surface area contributed by atoms with Gasteiger partial charge in [0.05, 0.1) is 5.56 Å². The summed E-state index contributed by atoms with van der Waals surface area (Å²) in [5.41, 5.74) is 2.65. The van der Waals surface area contributed by atoms with Gasteiger partial charge in [-0.05, 0) is 41.9 Å². The molecule has 0 atom stereocenters. The van der Waals surface area contributed by atoms with E-state index in [0.29, 0.717) is 17.4 Å². The van der Waals surface area contributed by atoms with E-state index in [4.69, 9.17) is 5.11 Å². The third-order valence-electron chi connectivity index (χ3n) is 2.67. The topological polar surface area (TPSA) is 37.3 Å². The monoisotopic (exact) mass is 260 g/mol. The third-order valence-corrected chi connectivity index (χ3v) is 2.67. The van der Waals surface area contributed by atoms with Crippen LogP contribution in [0.3, 0.4) is 0 Å². The quantitative estimate of drug-likeness (QED) is 0.827. The van der Waals surface area contributed by atoms with Crippen LogP contribution in [0.2, 0.25) is 0 Å². The van der Waals surface area contributed by atoms with Gasteiger partial charge >= 0.3 is 29.0 Å². The zero-order valence-electron chi connectivity index (χ0n) is 11.2. The van der Waals surface area contributed by atoms with Gasteiger partial charge in [-0.15, -0.1) is 0 Å². The summed E-state index contributed by atoms with van der Waals surface area (Å²) in [6.07, 6.45) is 1.83. The number of carboxylic acid groups (broad SMARTS) is 1. The summed E-state index contributed by atoms with van der Waals surface area (Å²) in [6, 6.07) is 5.74. The molecule has 0 fully saturated rings. The lowest BCUT2D eigenvalue weighted by atomic mass is 9.93. The summed E-state index contributed by atoms with van der Waals surface area (Å²) in [5, 5.41) is 9.15. The predicted octanol–water partition coefficient (Wildman–Crippen LogP) is 2.87. The van der Waals surface area contributed by atoms with E-state index >= 15 is 0 Å². The van der Waals surface area contributed by atoms with E-state index in [1.165, 1.54) is 5.56 Å². The third kappa shape index (κ3) is 5.40. The van der Waals surface area contributed by atoms with Gasteiger partial charge in [0, 0.05) is 0 Å². The van der Waals surface area contributed by atoms with Gasteiger partial charge in [0.2, 0.25) is 0 Å². The summed E-state index contributed by atoms with van der Waals surface area (Å²) in [6.45, 7) is 8.57. The fourth-order valence-electron chi connectivity index (χ4n) is 2.06. The highest BCUT2D eigenvalue weighted by Gasteiger charge is 2.12. The van der Waals surface area contributed by atoms with E-state index in [9.17, 15) is 4.79 Å². The van der Waals surface area contributed by atoms with Crippen LogP contribution in [0.15, 0.2) is 18.2 Å². The molecule has 0 aliphatic carbocycles. The molecule has 0 heterocycles. The molecule has 98 valence electrons. The van der Waals surface area contributed by atoms with Crippen LogP contribution in [0.25, 0.3) is 0 Å². The zero-order chi connectivity index (χ0) is 13.0. The molecule has 0 saturated heterocycles. The molecule has 3 heteroatoms. The van der Waals surface area contributed by atoms with Crippen LogP contribution in [0.5, 0.6) is 0 Å². The molecule has 0 spiro atoms. The Labute approximate surface area is 126 Å². The number of carbonyl (C=O) groups is 1. The maximum Gasteiger partial charge on any atom is 0.335 e. The van der Waals surface area contributed by atoms with Gasteiger partial charge in [-0.2, -0.15) is 0 Å². The first-order valence-corrected chi connectivity index (χ1v) is 6.25. The molecule has 0 aliphatic heterocycles. The normalized spacial score (nSPS) is 10.6. The smallest absolute Gasteiger partial charge is 0.335 e. The fraction of sp³-hybridized carbons (Fsp3) is 0.533. The summed E-state index contributed by atoms with van der Waals surface area (Å²) in [7, 11) is 0. The molecule has 1 rings (SSSR count). The van der Waals surface area contributed by atoms with Crippen molar-refractivity contribution in [2.75, 3.05) is 0 Å². The van der Waals surface area contributed by atoms with Gasteiger partial charge in [0.1, 0.15) is 0 Å². The van der Waals surface area contributed by atoms with E-state index in [2.05, 4.69) is 33.8 Å². The first-order valence-electron chi connectivity index (χ1n) is 6.25. The number of aromatic carboxylic acids is 1.